The fourth-order valence-corrected chi connectivity index (χ4v) is 1.43. The lowest BCUT2D eigenvalue weighted by Crippen LogP contribution is -2.23. The Morgan fingerprint density at radius 2 is 2.00 bits per heavy atom. The Labute approximate surface area is 99.7 Å². The lowest BCUT2D eigenvalue weighted by molar-refractivity contribution is 0.0946. The average Bonchev–Trinajstić information content (AvgIpc) is 2.37. The molecule has 1 amide bonds. The number of nitrogens with one attached hydrogen (secondary N) is 1. The Hall–Kier alpha value is -2.23. The third-order valence-electron chi connectivity index (χ3n) is 2.35. The van der Waals surface area contributed by atoms with Gasteiger partial charge in [-0.05, 0) is 42.3 Å². The summed E-state index contributed by atoms with van der Waals surface area (Å²) in [5.74, 6) is -0.162. The van der Waals surface area contributed by atoms with Gasteiger partial charge in [-0.2, -0.15) is 0 Å². The van der Waals surface area contributed by atoms with E-state index in [1.807, 2.05) is 25.1 Å². The first kappa shape index (κ1) is 11.3. The summed E-state index contributed by atoms with van der Waals surface area (Å²) in [6, 6.07) is 7.36. The average molecular weight is 227 g/mol. The minimum atomic E-state index is -0.162. The molecule has 0 aliphatic heterocycles. The first-order valence-electron chi connectivity index (χ1n) is 5.35. The fraction of sp³-hybridized carbons (Fsp3) is 0.154. The number of hydrogen-bond acceptors (Lipinski definition) is 3. The molecular formula is C13H13N3O. The highest BCUT2D eigenvalue weighted by molar-refractivity contribution is 5.92. The summed E-state index contributed by atoms with van der Waals surface area (Å²) in [5, 5.41) is 2.81. The lowest BCUT2D eigenvalue weighted by Gasteiger charge is -2.04. The molecule has 2 rings (SSSR count). The van der Waals surface area contributed by atoms with Gasteiger partial charge in [-0.1, -0.05) is 0 Å². The SMILES string of the molecule is Cc1ccnc(C(=O)NCc2ccncc2)c1. The van der Waals surface area contributed by atoms with E-state index in [-0.39, 0.29) is 5.91 Å². The standard InChI is InChI=1S/C13H13N3O/c1-10-2-7-15-12(8-10)13(17)16-9-11-3-5-14-6-4-11/h2-8H,9H2,1H3,(H,16,17). The molecule has 0 fully saturated rings. The predicted molar refractivity (Wildman–Crippen MR) is 64.4 cm³/mol. The van der Waals surface area contributed by atoms with Crippen molar-refractivity contribution in [1.82, 2.24) is 15.3 Å². The molecule has 0 saturated heterocycles. The van der Waals surface area contributed by atoms with Crippen molar-refractivity contribution in [3.8, 4) is 0 Å². The molecule has 0 unspecified atom stereocenters. The number of aromatic nitrogens is 2. The van der Waals surface area contributed by atoms with Gasteiger partial charge in [0.2, 0.25) is 0 Å². The van der Waals surface area contributed by atoms with Gasteiger partial charge < -0.3 is 5.32 Å². The maximum absolute atomic E-state index is 11.8. The maximum atomic E-state index is 11.8. The second-order valence-corrected chi connectivity index (χ2v) is 3.76. The molecule has 0 spiro atoms. The monoisotopic (exact) mass is 227 g/mol. The van der Waals surface area contributed by atoms with Gasteiger partial charge in [-0.15, -0.1) is 0 Å². The Kier molecular flexibility index (Phi) is 3.45. The Balaban J connectivity index is 1.98. The molecule has 2 heterocycles. The number of carbonyl (C=O) groups excluding carboxylic acids is 1. The molecule has 0 saturated carbocycles. The van der Waals surface area contributed by atoms with E-state index in [1.54, 1.807) is 24.7 Å². The van der Waals surface area contributed by atoms with Crippen LogP contribution in [0.4, 0.5) is 0 Å². The van der Waals surface area contributed by atoms with Gasteiger partial charge in [-0.3, -0.25) is 14.8 Å². The van der Waals surface area contributed by atoms with Crippen LogP contribution in [0.3, 0.4) is 0 Å². The van der Waals surface area contributed by atoms with E-state index in [4.69, 9.17) is 0 Å². The highest BCUT2D eigenvalue weighted by atomic mass is 16.1. The number of amides is 1. The molecule has 17 heavy (non-hydrogen) atoms. The summed E-state index contributed by atoms with van der Waals surface area (Å²) in [6.07, 6.45) is 5.04. The van der Waals surface area contributed by atoms with Gasteiger partial charge in [-0.25, -0.2) is 0 Å². The van der Waals surface area contributed by atoms with E-state index >= 15 is 0 Å². The predicted octanol–water partition coefficient (Wildman–Crippen LogP) is 1.72. The van der Waals surface area contributed by atoms with Gasteiger partial charge in [0.1, 0.15) is 5.69 Å². The number of pyridine rings is 2. The molecular weight excluding hydrogens is 214 g/mol. The summed E-state index contributed by atoms with van der Waals surface area (Å²) in [7, 11) is 0. The van der Waals surface area contributed by atoms with Crippen LogP contribution in [0.2, 0.25) is 0 Å². The van der Waals surface area contributed by atoms with Crippen LogP contribution >= 0.6 is 0 Å². The van der Waals surface area contributed by atoms with Gasteiger partial charge in [0.25, 0.3) is 5.91 Å². The number of hydrogen-bond donors (Lipinski definition) is 1. The summed E-state index contributed by atoms with van der Waals surface area (Å²) < 4.78 is 0. The molecule has 0 aromatic carbocycles. The zero-order valence-electron chi connectivity index (χ0n) is 9.55. The molecule has 0 atom stereocenters. The Morgan fingerprint density at radius 1 is 1.24 bits per heavy atom. The van der Waals surface area contributed by atoms with Crippen LogP contribution in [0.5, 0.6) is 0 Å². The van der Waals surface area contributed by atoms with Crippen LogP contribution in [0, 0.1) is 6.92 Å². The van der Waals surface area contributed by atoms with Crippen molar-refractivity contribution in [3.63, 3.8) is 0 Å². The molecule has 86 valence electrons. The molecule has 0 radical (unpaired) electrons. The quantitative estimate of drug-likeness (QED) is 0.868. The van der Waals surface area contributed by atoms with E-state index in [0.29, 0.717) is 12.2 Å². The summed E-state index contributed by atoms with van der Waals surface area (Å²) in [5.41, 5.74) is 2.48. The number of carbonyl (C=O) groups is 1. The Morgan fingerprint density at radius 3 is 2.71 bits per heavy atom. The summed E-state index contributed by atoms with van der Waals surface area (Å²) in [4.78, 5) is 19.7. The molecule has 0 aliphatic carbocycles. The first-order valence-corrected chi connectivity index (χ1v) is 5.35. The first-order chi connectivity index (χ1) is 8.25. The van der Waals surface area contributed by atoms with Gasteiger partial charge in [0, 0.05) is 25.1 Å². The van der Waals surface area contributed by atoms with E-state index in [2.05, 4.69) is 15.3 Å². The van der Waals surface area contributed by atoms with Crippen LogP contribution in [0.15, 0.2) is 42.9 Å². The highest BCUT2D eigenvalue weighted by Gasteiger charge is 2.06. The molecule has 4 heteroatoms. The van der Waals surface area contributed by atoms with Crippen LogP contribution in [0.25, 0.3) is 0 Å². The van der Waals surface area contributed by atoms with Crippen molar-refractivity contribution in [2.45, 2.75) is 13.5 Å². The molecule has 2 aromatic rings. The normalized spacial score (nSPS) is 9.94. The highest BCUT2D eigenvalue weighted by Crippen LogP contribution is 2.01. The zero-order chi connectivity index (χ0) is 12.1. The van der Waals surface area contributed by atoms with Crippen LogP contribution in [-0.2, 0) is 6.54 Å². The molecule has 2 aromatic heterocycles. The van der Waals surface area contributed by atoms with Crippen molar-refractivity contribution in [2.75, 3.05) is 0 Å². The maximum Gasteiger partial charge on any atom is 0.270 e. The van der Waals surface area contributed by atoms with Crippen molar-refractivity contribution in [2.24, 2.45) is 0 Å². The van der Waals surface area contributed by atoms with Gasteiger partial charge >= 0.3 is 0 Å². The second-order valence-electron chi connectivity index (χ2n) is 3.76. The topological polar surface area (TPSA) is 54.9 Å². The smallest absolute Gasteiger partial charge is 0.270 e. The largest absolute Gasteiger partial charge is 0.347 e. The summed E-state index contributed by atoms with van der Waals surface area (Å²) in [6.45, 7) is 2.41. The Bertz CT molecular complexity index is 511. The minimum absolute atomic E-state index is 0.162. The van der Waals surface area contributed by atoms with E-state index in [9.17, 15) is 4.79 Å². The van der Waals surface area contributed by atoms with Gasteiger partial charge in [0.05, 0.1) is 0 Å². The van der Waals surface area contributed by atoms with E-state index in [0.717, 1.165) is 11.1 Å². The van der Waals surface area contributed by atoms with Crippen molar-refractivity contribution in [3.05, 3.63) is 59.7 Å². The molecule has 0 aliphatic rings. The van der Waals surface area contributed by atoms with E-state index in [1.165, 1.54) is 0 Å². The molecule has 1 N–H and O–H groups in total. The minimum Gasteiger partial charge on any atom is -0.347 e. The second kappa shape index (κ2) is 5.21. The number of nitrogens with zero attached hydrogens (tertiary/aromatic N) is 2. The lowest BCUT2D eigenvalue weighted by atomic mass is 10.2. The van der Waals surface area contributed by atoms with Crippen molar-refractivity contribution in [1.29, 1.82) is 0 Å². The third-order valence-corrected chi connectivity index (χ3v) is 2.35. The third kappa shape index (κ3) is 3.11. The zero-order valence-corrected chi connectivity index (χ0v) is 9.55. The molecule has 0 bridgehead atoms. The number of aryl methyl sites for hydroxylation is 1. The van der Waals surface area contributed by atoms with Crippen LogP contribution in [0.1, 0.15) is 21.6 Å². The molecule has 4 nitrogen and oxygen atoms in total. The fourth-order valence-electron chi connectivity index (χ4n) is 1.43. The van der Waals surface area contributed by atoms with Gasteiger partial charge in [0.15, 0.2) is 0 Å². The van der Waals surface area contributed by atoms with Crippen molar-refractivity contribution < 1.29 is 4.79 Å². The number of rotatable bonds is 3. The van der Waals surface area contributed by atoms with Crippen LogP contribution in [-0.4, -0.2) is 15.9 Å². The van der Waals surface area contributed by atoms with Crippen molar-refractivity contribution >= 4 is 5.91 Å². The van der Waals surface area contributed by atoms with Crippen LogP contribution < -0.4 is 5.32 Å². The summed E-state index contributed by atoms with van der Waals surface area (Å²) >= 11 is 0. The van der Waals surface area contributed by atoms with E-state index < -0.39 is 0 Å².